The van der Waals surface area contributed by atoms with Gasteiger partial charge in [-0.3, -0.25) is 5.10 Å². The molecular weight excluding hydrogens is 982 g/mol. The van der Waals surface area contributed by atoms with Crippen LogP contribution in [0.1, 0.15) is 99.8 Å². The monoisotopic (exact) mass is 1040 g/mol. The number of alkyl halides is 2. The highest BCUT2D eigenvalue weighted by atomic mass is 127. The Morgan fingerprint density at radius 1 is 0.700 bits per heavy atom. The zero-order valence-electron chi connectivity index (χ0n) is 35.8. The van der Waals surface area contributed by atoms with Crippen molar-refractivity contribution in [2.75, 3.05) is 27.6 Å². The van der Waals surface area contributed by atoms with Gasteiger partial charge in [0, 0.05) is 10.8 Å². The number of H-pyrrole nitrogens is 1. The number of nitrogens with zero attached hydrogens (tertiary/aromatic N) is 3. The van der Waals surface area contributed by atoms with Crippen LogP contribution in [0, 0.1) is 0 Å². The molecule has 0 bridgehead atoms. The van der Waals surface area contributed by atoms with E-state index in [2.05, 4.69) is 160 Å². The maximum absolute atomic E-state index is 12.7. The van der Waals surface area contributed by atoms with E-state index in [1.807, 2.05) is 28.1 Å². The Morgan fingerprint density at radius 3 is 1.70 bits per heavy atom. The summed E-state index contributed by atoms with van der Waals surface area (Å²) in [5.41, 5.74) is 10.8. The molecule has 0 fully saturated rings. The molecular formula is C46H56I2N8O4. The maximum atomic E-state index is 12.7. The van der Waals surface area contributed by atoms with Crippen LogP contribution in [0.4, 0.5) is 25.8 Å². The van der Waals surface area contributed by atoms with Gasteiger partial charge in [-0.2, -0.15) is 14.9 Å². The van der Waals surface area contributed by atoms with E-state index in [1.165, 1.54) is 45.2 Å². The number of methoxy groups -OCH3 is 1. The van der Waals surface area contributed by atoms with Crippen LogP contribution in [0.25, 0.3) is 21.8 Å². The number of carbonyl (C=O) groups is 3. The number of aromatic amines is 1. The average molecular weight is 1040 g/mol. The van der Waals surface area contributed by atoms with Crippen molar-refractivity contribution in [2.45, 2.75) is 90.1 Å². The highest BCUT2D eigenvalue weighted by Crippen LogP contribution is 2.36. The highest BCUT2D eigenvalue weighted by molar-refractivity contribution is 14.1. The molecule has 0 spiro atoms. The molecule has 2 aliphatic carbocycles. The zero-order chi connectivity index (χ0) is 43.8. The third-order valence-corrected chi connectivity index (χ3v) is 10.7. The molecule has 4 aromatic carbocycles. The first-order valence-electron chi connectivity index (χ1n) is 19.8. The lowest BCUT2D eigenvalue weighted by atomic mass is 9.85. The first kappa shape index (κ1) is 46.4. The fourth-order valence-corrected chi connectivity index (χ4v) is 7.57. The number of amides is 4. The number of nitrogens with one attached hydrogen (secondary N) is 5. The lowest BCUT2D eigenvalue weighted by Crippen LogP contribution is -2.31. The molecule has 0 saturated carbocycles. The first-order valence-corrected chi connectivity index (χ1v) is 24.2. The molecule has 6 aromatic rings. The number of hydrogen-bond acceptors (Lipinski definition) is 6. The molecule has 4 amide bonds. The summed E-state index contributed by atoms with van der Waals surface area (Å²) >= 11 is 4.30. The summed E-state index contributed by atoms with van der Waals surface area (Å²) < 4.78 is 5.90. The molecule has 0 unspecified atom stereocenters. The number of benzene rings is 4. The van der Waals surface area contributed by atoms with Crippen LogP contribution in [0.2, 0.25) is 0 Å². The number of aryl methyl sites for hydroxylation is 2. The number of urea groups is 2. The third kappa shape index (κ3) is 10.8. The van der Waals surface area contributed by atoms with Gasteiger partial charge in [-0.1, -0.05) is 135 Å². The number of anilines is 2. The van der Waals surface area contributed by atoms with Crippen molar-refractivity contribution in [2.24, 2.45) is 0 Å². The second kappa shape index (κ2) is 20.2. The van der Waals surface area contributed by atoms with Crippen LogP contribution in [-0.4, -0.2) is 55.1 Å². The number of rotatable bonds is 4. The minimum Gasteiger partial charge on any atom is -0.451 e. The summed E-state index contributed by atoms with van der Waals surface area (Å²) in [6.45, 7) is 13.3. The quantitative estimate of drug-likeness (QED) is 0.0875. The van der Waals surface area contributed by atoms with E-state index in [0.29, 0.717) is 16.6 Å². The fourth-order valence-electron chi connectivity index (χ4n) is 7.57. The van der Waals surface area contributed by atoms with Crippen LogP contribution in [0.15, 0.2) is 85.2 Å². The van der Waals surface area contributed by atoms with E-state index < -0.39 is 6.09 Å². The summed E-state index contributed by atoms with van der Waals surface area (Å²) in [5.74, 6) is 0. The minimum absolute atomic E-state index is 0.0222. The lowest BCUT2D eigenvalue weighted by Gasteiger charge is -2.21. The largest absolute Gasteiger partial charge is 0.451 e. The Morgan fingerprint density at radius 2 is 1.20 bits per heavy atom. The lowest BCUT2D eigenvalue weighted by molar-refractivity contribution is 0.170. The topological polar surface area (TPSA) is 155 Å². The van der Waals surface area contributed by atoms with E-state index in [4.69, 9.17) is 4.74 Å². The fraction of sp³-hybridized carbons (Fsp3) is 0.370. The van der Waals surface area contributed by atoms with Gasteiger partial charge in [0.2, 0.25) is 0 Å². The molecule has 8 rings (SSSR count). The first-order chi connectivity index (χ1) is 28.7. The average Bonchev–Trinajstić information content (AvgIpc) is 4.05. The Balaban J connectivity index is 0.000000212. The molecule has 0 radical (unpaired) electrons. The van der Waals surface area contributed by atoms with E-state index in [-0.39, 0.29) is 35.0 Å². The number of hydrogen-bond donors (Lipinski definition) is 5. The standard InChI is InChI=1S/C23H26N4O3.C21H24N4O.2CH3I/c1-23(2,3)15-9-10-16-14(12-15)8-11-19(16)26-21(28)25-18-6-5-7-20-17(18)13-24-27(20)22(29)30-4;1-21(2,3)14-8-9-15-13(11-14)7-10-18(15)24-20(26)23-17-5-4-6-19-16(17)12-22-25-19;2*1-2/h5-7,9-10,12-13,19H,8,11H2,1-4H3,(H2,25,26,28);4-6,8-9,11-12,18H,7,10H2,1-3H3,(H,22,25)(H2,23,24,26);2*1H3/t19-;18-;;/m00../s1. The van der Waals surface area contributed by atoms with Crippen molar-refractivity contribution in [1.29, 1.82) is 0 Å². The molecule has 5 N–H and O–H groups in total. The smallest absolute Gasteiger partial charge is 0.434 e. The van der Waals surface area contributed by atoms with Crippen molar-refractivity contribution in [3.63, 3.8) is 0 Å². The van der Waals surface area contributed by atoms with Gasteiger partial charge in [0.15, 0.2) is 0 Å². The van der Waals surface area contributed by atoms with Crippen molar-refractivity contribution in [3.05, 3.63) is 119 Å². The molecule has 12 nitrogen and oxygen atoms in total. The number of carbonyl (C=O) groups excluding carboxylic acids is 3. The Kier molecular flexibility index (Phi) is 15.6. The molecule has 0 saturated heterocycles. The predicted octanol–water partition coefficient (Wildman–Crippen LogP) is 11.5. The zero-order valence-corrected chi connectivity index (χ0v) is 40.1. The van der Waals surface area contributed by atoms with Crippen LogP contribution < -0.4 is 21.3 Å². The number of aromatic nitrogens is 4. The Hall–Kier alpha value is -4.71. The molecule has 2 aromatic heterocycles. The summed E-state index contributed by atoms with van der Waals surface area (Å²) in [6, 6.07) is 23.8. The number of ether oxygens (including phenoxy) is 1. The third-order valence-electron chi connectivity index (χ3n) is 10.7. The molecule has 2 atom stereocenters. The molecule has 2 aliphatic rings. The summed E-state index contributed by atoms with van der Waals surface area (Å²) in [6.07, 6.45) is 6.45. The van der Waals surface area contributed by atoms with Crippen molar-refractivity contribution in [1.82, 2.24) is 30.6 Å². The van der Waals surface area contributed by atoms with Crippen LogP contribution in [0.5, 0.6) is 0 Å². The second-order valence-corrected chi connectivity index (χ2v) is 16.6. The number of halogens is 2. The van der Waals surface area contributed by atoms with Gasteiger partial charge < -0.3 is 26.0 Å². The van der Waals surface area contributed by atoms with Crippen LogP contribution in [0.3, 0.4) is 0 Å². The van der Waals surface area contributed by atoms with Crippen molar-refractivity contribution < 1.29 is 19.1 Å². The van der Waals surface area contributed by atoms with Crippen molar-refractivity contribution >= 4 is 96.5 Å². The second-order valence-electron chi connectivity index (χ2n) is 16.6. The van der Waals surface area contributed by atoms with E-state index in [1.54, 1.807) is 30.6 Å². The molecule has 318 valence electrons. The van der Waals surface area contributed by atoms with Gasteiger partial charge in [-0.05, 0) is 104 Å². The van der Waals surface area contributed by atoms with Gasteiger partial charge >= 0.3 is 18.2 Å². The minimum atomic E-state index is -0.580. The molecule has 60 heavy (non-hydrogen) atoms. The van der Waals surface area contributed by atoms with Gasteiger partial charge in [-0.25, -0.2) is 14.4 Å². The molecule has 14 heteroatoms. The SMILES string of the molecule is CC(C)(C)c1ccc2c(c1)CC[C@@H]2NC(=O)Nc1cccc2[nH]ncc12.CI.CI.COC(=O)n1ncc2c(NC(=O)N[C@H]3CCc4cc(C(C)(C)C)ccc43)cccc21. The maximum Gasteiger partial charge on any atom is 0.434 e. The predicted molar refractivity (Wildman–Crippen MR) is 260 cm³/mol. The van der Waals surface area contributed by atoms with Gasteiger partial charge in [0.25, 0.3) is 0 Å². The Labute approximate surface area is 380 Å². The number of fused-ring (bicyclic) bond motifs is 4. The Bertz CT molecular complexity index is 2450. The highest BCUT2D eigenvalue weighted by Gasteiger charge is 2.28. The van der Waals surface area contributed by atoms with E-state index >= 15 is 0 Å². The van der Waals surface area contributed by atoms with E-state index in [0.717, 1.165) is 42.3 Å². The van der Waals surface area contributed by atoms with Gasteiger partial charge in [0.05, 0.1) is 54.0 Å². The van der Waals surface area contributed by atoms with Crippen molar-refractivity contribution in [3.8, 4) is 0 Å². The summed E-state index contributed by atoms with van der Waals surface area (Å²) in [5, 5.41) is 24.6. The summed E-state index contributed by atoms with van der Waals surface area (Å²) in [4.78, 5) is 41.0. The normalized spacial score (nSPS) is 15.2. The summed E-state index contributed by atoms with van der Waals surface area (Å²) in [7, 11) is 1.30. The van der Waals surface area contributed by atoms with Gasteiger partial charge in [-0.15, -0.1) is 0 Å². The van der Waals surface area contributed by atoms with Crippen LogP contribution in [-0.2, 0) is 28.4 Å². The van der Waals surface area contributed by atoms with E-state index in [9.17, 15) is 14.4 Å². The molecule has 0 aliphatic heterocycles. The molecule has 2 heterocycles. The van der Waals surface area contributed by atoms with Gasteiger partial charge in [0.1, 0.15) is 0 Å². The van der Waals surface area contributed by atoms with Crippen LogP contribution >= 0.6 is 45.2 Å².